The number of aliphatic carboxylic acids is 1. The second-order valence-corrected chi connectivity index (χ2v) is 8.36. The maximum absolute atomic E-state index is 12.8. The van der Waals surface area contributed by atoms with Gasteiger partial charge in [0.25, 0.3) is 0 Å². The molecule has 0 fully saturated rings. The number of allylic oxidation sites excluding steroid dienone is 2. The summed E-state index contributed by atoms with van der Waals surface area (Å²) in [5, 5.41) is 12.8. The van der Waals surface area contributed by atoms with E-state index in [0.29, 0.717) is 29.3 Å². The van der Waals surface area contributed by atoms with E-state index in [2.05, 4.69) is 12.2 Å². The number of thiophene rings is 1. The number of fused-ring (bicyclic) bond motifs is 1. The van der Waals surface area contributed by atoms with Gasteiger partial charge in [-0.2, -0.15) is 0 Å². The zero-order valence-corrected chi connectivity index (χ0v) is 16.4. The van der Waals surface area contributed by atoms with Gasteiger partial charge in [0.1, 0.15) is 5.00 Å². The number of carbonyl (C=O) groups is 3. The molecule has 6 nitrogen and oxygen atoms in total. The van der Waals surface area contributed by atoms with Crippen LogP contribution in [0.2, 0.25) is 0 Å². The molecule has 2 N–H and O–H groups in total. The van der Waals surface area contributed by atoms with E-state index >= 15 is 0 Å². The quantitative estimate of drug-likeness (QED) is 0.590. The lowest BCUT2D eigenvalue weighted by Crippen LogP contribution is -2.34. The van der Waals surface area contributed by atoms with E-state index < -0.39 is 23.8 Å². The molecule has 0 saturated heterocycles. The predicted molar refractivity (Wildman–Crippen MR) is 103 cm³/mol. The van der Waals surface area contributed by atoms with E-state index in [1.807, 2.05) is 6.08 Å². The molecule has 0 aromatic carbocycles. The number of anilines is 1. The summed E-state index contributed by atoms with van der Waals surface area (Å²) in [7, 11) is 0. The van der Waals surface area contributed by atoms with Gasteiger partial charge in [0.15, 0.2) is 0 Å². The first-order valence-corrected chi connectivity index (χ1v) is 10.2. The van der Waals surface area contributed by atoms with Gasteiger partial charge in [0.05, 0.1) is 24.0 Å². The fraction of sp³-hybridized carbons (Fsp3) is 0.550. The number of hydrogen-bond donors (Lipinski definition) is 2. The highest BCUT2D eigenvalue weighted by Crippen LogP contribution is 2.40. The Hall–Kier alpha value is -2.15. The first-order chi connectivity index (χ1) is 12.9. The maximum atomic E-state index is 12.8. The van der Waals surface area contributed by atoms with Crippen molar-refractivity contribution in [1.82, 2.24) is 0 Å². The summed E-state index contributed by atoms with van der Waals surface area (Å²) in [6.45, 7) is 4.20. The molecule has 0 radical (unpaired) electrons. The Morgan fingerprint density at radius 1 is 1.26 bits per heavy atom. The van der Waals surface area contributed by atoms with Crippen molar-refractivity contribution >= 4 is 34.2 Å². The predicted octanol–water partition coefficient (Wildman–Crippen LogP) is 3.66. The average Bonchev–Trinajstić information content (AvgIpc) is 2.98. The maximum Gasteiger partial charge on any atom is 0.341 e. The summed E-state index contributed by atoms with van der Waals surface area (Å²) >= 11 is 1.42. The van der Waals surface area contributed by atoms with Crippen LogP contribution in [0.25, 0.3) is 0 Å². The van der Waals surface area contributed by atoms with E-state index in [0.717, 1.165) is 29.7 Å². The molecule has 7 heteroatoms. The monoisotopic (exact) mass is 391 g/mol. The second kappa shape index (κ2) is 8.25. The van der Waals surface area contributed by atoms with E-state index in [1.54, 1.807) is 13.0 Å². The number of hydrogen-bond acceptors (Lipinski definition) is 5. The van der Waals surface area contributed by atoms with Gasteiger partial charge in [-0.05, 0) is 50.5 Å². The number of esters is 1. The van der Waals surface area contributed by atoms with Gasteiger partial charge in [0.2, 0.25) is 5.91 Å². The molecular formula is C20H25NO5S. The number of carbonyl (C=O) groups excluding carboxylic acids is 2. The van der Waals surface area contributed by atoms with Crippen molar-refractivity contribution in [2.24, 2.45) is 17.8 Å². The minimum absolute atomic E-state index is 0.266. The minimum atomic E-state index is -0.968. The lowest BCUT2D eigenvalue weighted by atomic mass is 9.82. The van der Waals surface area contributed by atoms with Crippen molar-refractivity contribution in [1.29, 1.82) is 0 Å². The first-order valence-electron chi connectivity index (χ1n) is 9.42. The molecule has 1 aromatic rings. The largest absolute Gasteiger partial charge is 0.481 e. The smallest absolute Gasteiger partial charge is 0.341 e. The molecule has 1 amide bonds. The lowest BCUT2D eigenvalue weighted by Gasteiger charge is -2.24. The van der Waals surface area contributed by atoms with Gasteiger partial charge < -0.3 is 15.2 Å². The van der Waals surface area contributed by atoms with Gasteiger partial charge in [-0.15, -0.1) is 11.3 Å². The SMILES string of the molecule is CCOC(=O)c1c(NC(=O)[C@H]2CC=CC[C@@H]2C(=O)O)sc2c1CC[C@H](C)C2. The van der Waals surface area contributed by atoms with Crippen LogP contribution in [0, 0.1) is 17.8 Å². The normalized spacial score (nSPS) is 24.1. The Morgan fingerprint density at radius 3 is 2.63 bits per heavy atom. The Balaban J connectivity index is 1.89. The van der Waals surface area contributed by atoms with Crippen LogP contribution in [0.1, 0.15) is 53.9 Å². The van der Waals surface area contributed by atoms with Crippen LogP contribution < -0.4 is 5.32 Å². The Morgan fingerprint density at radius 2 is 1.96 bits per heavy atom. The summed E-state index contributed by atoms with van der Waals surface area (Å²) in [4.78, 5) is 38.0. The fourth-order valence-corrected chi connectivity index (χ4v) is 5.24. The molecule has 146 valence electrons. The van der Waals surface area contributed by atoms with Crippen molar-refractivity contribution in [3.05, 3.63) is 28.2 Å². The number of rotatable bonds is 5. The van der Waals surface area contributed by atoms with Crippen LogP contribution in [-0.2, 0) is 27.2 Å². The van der Waals surface area contributed by atoms with Crippen LogP contribution in [0.3, 0.4) is 0 Å². The summed E-state index contributed by atoms with van der Waals surface area (Å²) in [6.07, 6.45) is 7.05. The third-order valence-corrected chi connectivity index (χ3v) is 6.48. The lowest BCUT2D eigenvalue weighted by molar-refractivity contribution is -0.146. The number of amides is 1. The van der Waals surface area contributed by atoms with Gasteiger partial charge in [-0.1, -0.05) is 19.1 Å². The molecule has 0 aliphatic heterocycles. The summed E-state index contributed by atoms with van der Waals surface area (Å²) in [6, 6.07) is 0. The molecule has 2 aliphatic rings. The molecule has 0 saturated carbocycles. The summed E-state index contributed by atoms with van der Waals surface area (Å²) in [5.74, 6) is -2.57. The van der Waals surface area contributed by atoms with Crippen molar-refractivity contribution in [2.75, 3.05) is 11.9 Å². The van der Waals surface area contributed by atoms with Gasteiger partial charge in [-0.25, -0.2) is 4.79 Å². The summed E-state index contributed by atoms with van der Waals surface area (Å²) in [5.41, 5.74) is 1.43. The highest BCUT2D eigenvalue weighted by molar-refractivity contribution is 7.17. The standard InChI is InChI=1S/C20H25NO5S/c1-3-26-20(25)16-14-9-8-11(2)10-15(14)27-18(16)21-17(22)12-6-4-5-7-13(12)19(23)24/h4-5,11-13H,3,6-10H2,1-2H3,(H,21,22)(H,23,24)/t11-,12-,13-/m0/s1. The molecule has 2 aliphatic carbocycles. The van der Waals surface area contributed by atoms with Crippen molar-refractivity contribution in [3.8, 4) is 0 Å². The number of nitrogens with one attached hydrogen (secondary N) is 1. The average molecular weight is 391 g/mol. The van der Waals surface area contributed by atoms with E-state index in [4.69, 9.17) is 4.74 Å². The Kier molecular flexibility index (Phi) is 5.99. The van der Waals surface area contributed by atoms with E-state index in [9.17, 15) is 19.5 Å². The zero-order valence-electron chi connectivity index (χ0n) is 15.6. The van der Waals surface area contributed by atoms with Crippen molar-refractivity contribution in [3.63, 3.8) is 0 Å². The van der Waals surface area contributed by atoms with Gasteiger partial charge >= 0.3 is 11.9 Å². The van der Waals surface area contributed by atoms with Crippen molar-refractivity contribution in [2.45, 2.75) is 46.0 Å². The van der Waals surface area contributed by atoms with Gasteiger partial charge in [0, 0.05) is 4.88 Å². The van der Waals surface area contributed by atoms with Crippen LogP contribution >= 0.6 is 11.3 Å². The molecule has 0 spiro atoms. The summed E-state index contributed by atoms with van der Waals surface area (Å²) < 4.78 is 5.22. The molecule has 0 unspecified atom stereocenters. The zero-order chi connectivity index (χ0) is 19.6. The molecule has 1 heterocycles. The molecular weight excluding hydrogens is 366 g/mol. The fourth-order valence-electron chi connectivity index (χ4n) is 3.84. The van der Waals surface area contributed by atoms with Crippen LogP contribution in [0.5, 0.6) is 0 Å². The number of carboxylic acid groups (broad SMARTS) is 1. The number of carboxylic acids is 1. The molecule has 3 atom stereocenters. The molecule has 3 rings (SSSR count). The highest BCUT2D eigenvalue weighted by atomic mass is 32.1. The second-order valence-electron chi connectivity index (χ2n) is 7.26. The van der Waals surface area contributed by atoms with Crippen LogP contribution in [0.4, 0.5) is 5.00 Å². The molecule has 27 heavy (non-hydrogen) atoms. The van der Waals surface area contributed by atoms with Crippen LogP contribution in [0.15, 0.2) is 12.2 Å². The Labute approximate surface area is 162 Å². The topological polar surface area (TPSA) is 92.7 Å². The van der Waals surface area contributed by atoms with Crippen molar-refractivity contribution < 1.29 is 24.2 Å². The number of ether oxygens (including phenoxy) is 1. The Bertz CT molecular complexity index is 782. The first kappa shape index (κ1) is 19.6. The molecule has 1 aromatic heterocycles. The van der Waals surface area contributed by atoms with Crippen LogP contribution in [-0.4, -0.2) is 29.6 Å². The highest BCUT2D eigenvalue weighted by Gasteiger charge is 2.36. The molecule has 0 bridgehead atoms. The van der Waals surface area contributed by atoms with E-state index in [-0.39, 0.29) is 12.5 Å². The van der Waals surface area contributed by atoms with E-state index in [1.165, 1.54) is 11.3 Å². The third kappa shape index (κ3) is 4.08. The minimum Gasteiger partial charge on any atom is -0.481 e. The van der Waals surface area contributed by atoms with Gasteiger partial charge in [-0.3, -0.25) is 9.59 Å². The third-order valence-electron chi connectivity index (χ3n) is 5.31.